The van der Waals surface area contributed by atoms with Crippen molar-refractivity contribution in [1.29, 1.82) is 0 Å². The Balaban J connectivity index is 1.23. The molecule has 1 aromatic rings. The van der Waals surface area contributed by atoms with Crippen molar-refractivity contribution in [3.8, 4) is 0 Å². The summed E-state index contributed by atoms with van der Waals surface area (Å²) in [6, 6.07) is 5.32. The molecule has 4 aliphatic rings. The van der Waals surface area contributed by atoms with Crippen LogP contribution in [0.2, 0.25) is 0 Å². The lowest BCUT2D eigenvalue weighted by Gasteiger charge is -2.38. The Bertz CT molecular complexity index is 947. The number of imide groups is 1. The zero-order chi connectivity index (χ0) is 22.2. The van der Waals surface area contributed by atoms with Crippen LogP contribution >= 0.6 is 0 Å². The number of piperazine rings is 1. The van der Waals surface area contributed by atoms with Gasteiger partial charge in [-0.25, -0.2) is 0 Å². The van der Waals surface area contributed by atoms with Crippen LogP contribution in [0.1, 0.15) is 60.9 Å². The van der Waals surface area contributed by atoms with Gasteiger partial charge in [-0.1, -0.05) is 25.3 Å². The number of benzene rings is 1. The highest BCUT2D eigenvalue weighted by atomic mass is 16.2. The van der Waals surface area contributed by atoms with E-state index in [2.05, 4.69) is 10.2 Å². The Hall–Kier alpha value is -2.90. The fourth-order valence-electron chi connectivity index (χ4n) is 5.53. The number of anilines is 1. The number of amides is 4. The molecule has 1 atom stereocenters. The standard InChI is InChI=1S/C24H30N4O4/c29-21-9-8-20(22(30)25-21)28-15-17-6-7-18(14-19(17)24(28)32)26-10-12-27(13-11-26)23(31)16-4-2-1-3-5-16/h6-7,14,16,20H,1-5,8-13,15H2,(H,25,29,30). The normalized spacial score (nSPS) is 24.6. The summed E-state index contributed by atoms with van der Waals surface area (Å²) in [5, 5.41) is 2.34. The number of hydrogen-bond donors (Lipinski definition) is 1. The number of fused-ring (bicyclic) bond motifs is 1. The Morgan fingerprint density at radius 3 is 2.41 bits per heavy atom. The molecule has 3 heterocycles. The first kappa shape index (κ1) is 21.0. The van der Waals surface area contributed by atoms with E-state index in [9.17, 15) is 19.2 Å². The molecule has 8 nitrogen and oxygen atoms in total. The molecule has 0 aromatic heterocycles. The predicted octanol–water partition coefficient (Wildman–Crippen LogP) is 1.68. The van der Waals surface area contributed by atoms with Crippen LogP contribution < -0.4 is 10.2 Å². The fourth-order valence-corrected chi connectivity index (χ4v) is 5.53. The minimum Gasteiger partial charge on any atom is -0.368 e. The van der Waals surface area contributed by atoms with Gasteiger partial charge in [0.2, 0.25) is 17.7 Å². The second-order valence-corrected chi connectivity index (χ2v) is 9.39. The lowest BCUT2D eigenvalue weighted by atomic mass is 9.88. The zero-order valence-corrected chi connectivity index (χ0v) is 18.3. The molecule has 32 heavy (non-hydrogen) atoms. The third kappa shape index (κ3) is 3.87. The van der Waals surface area contributed by atoms with Gasteiger partial charge >= 0.3 is 0 Å². The molecule has 5 rings (SSSR count). The minimum atomic E-state index is -0.592. The molecule has 3 fully saturated rings. The largest absolute Gasteiger partial charge is 0.368 e. The summed E-state index contributed by atoms with van der Waals surface area (Å²) in [5.41, 5.74) is 2.52. The lowest BCUT2D eigenvalue weighted by molar-refractivity contribution is -0.138. The quantitative estimate of drug-likeness (QED) is 0.726. The van der Waals surface area contributed by atoms with Crippen molar-refractivity contribution in [1.82, 2.24) is 15.1 Å². The number of nitrogens with zero attached hydrogens (tertiary/aromatic N) is 3. The highest BCUT2D eigenvalue weighted by molar-refractivity contribution is 6.05. The predicted molar refractivity (Wildman–Crippen MR) is 118 cm³/mol. The van der Waals surface area contributed by atoms with Crippen molar-refractivity contribution in [3.05, 3.63) is 29.3 Å². The van der Waals surface area contributed by atoms with Gasteiger partial charge in [0.25, 0.3) is 5.91 Å². The minimum absolute atomic E-state index is 0.150. The molecular weight excluding hydrogens is 408 g/mol. The van der Waals surface area contributed by atoms with Crippen LogP contribution in [0.4, 0.5) is 5.69 Å². The molecule has 1 N–H and O–H groups in total. The van der Waals surface area contributed by atoms with Gasteiger partial charge in [-0.15, -0.1) is 0 Å². The van der Waals surface area contributed by atoms with Crippen LogP contribution in [0, 0.1) is 5.92 Å². The third-order valence-corrected chi connectivity index (χ3v) is 7.42. The van der Waals surface area contributed by atoms with Gasteiger partial charge in [0.05, 0.1) is 0 Å². The van der Waals surface area contributed by atoms with Crippen molar-refractivity contribution in [2.75, 3.05) is 31.1 Å². The highest BCUT2D eigenvalue weighted by Crippen LogP contribution is 2.31. The molecule has 4 amide bonds. The van der Waals surface area contributed by atoms with Crippen LogP contribution in [0.25, 0.3) is 0 Å². The third-order valence-electron chi connectivity index (χ3n) is 7.42. The molecule has 2 saturated heterocycles. The van der Waals surface area contributed by atoms with Gasteiger partial charge in [0.15, 0.2) is 0 Å². The van der Waals surface area contributed by atoms with Crippen LogP contribution in [-0.4, -0.2) is 65.6 Å². The van der Waals surface area contributed by atoms with E-state index in [0.717, 1.165) is 50.0 Å². The van der Waals surface area contributed by atoms with Crippen molar-refractivity contribution in [2.45, 2.75) is 57.5 Å². The second kappa shape index (κ2) is 8.56. The van der Waals surface area contributed by atoms with Gasteiger partial charge in [-0.05, 0) is 37.0 Å². The average Bonchev–Trinajstić information content (AvgIpc) is 3.15. The van der Waals surface area contributed by atoms with E-state index in [4.69, 9.17) is 0 Å². The van der Waals surface area contributed by atoms with Gasteiger partial charge in [-0.2, -0.15) is 0 Å². The molecule has 170 valence electrons. The summed E-state index contributed by atoms with van der Waals surface area (Å²) in [7, 11) is 0. The van der Waals surface area contributed by atoms with E-state index in [0.29, 0.717) is 37.5 Å². The van der Waals surface area contributed by atoms with E-state index in [1.54, 1.807) is 4.90 Å². The monoisotopic (exact) mass is 438 g/mol. The van der Waals surface area contributed by atoms with Gasteiger partial charge in [0, 0.05) is 56.3 Å². The number of rotatable bonds is 3. The number of carbonyl (C=O) groups excluding carboxylic acids is 4. The molecule has 1 saturated carbocycles. The maximum Gasteiger partial charge on any atom is 0.255 e. The zero-order valence-electron chi connectivity index (χ0n) is 18.3. The summed E-state index contributed by atoms with van der Waals surface area (Å²) in [5.74, 6) is -0.304. The highest BCUT2D eigenvalue weighted by Gasteiger charge is 2.39. The van der Waals surface area contributed by atoms with Gasteiger partial charge in [-0.3, -0.25) is 24.5 Å². The Labute approximate surface area is 187 Å². The van der Waals surface area contributed by atoms with Crippen molar-refractivity contribution >= 4 is 29.3 Å². The SMILES string of the molecule is O=C1CCC(N2Cc3ccc(N4CCN(C(=O)C5CCCCC5)CC4)cc3C2=O)C(=O)N1. The van der Waals surface area contributed by atoms with E-state index < -0.39 is 6.04 Å². The molecule has 0 radical (unpaired) electrons. The summed E-state index contributed by atoms with van der Waals surface area (Å²) in [6.07, 6.45) is 6.24. The van der Waals surface area contributed by atoms with Crippen molar-refractivity contribution < 1.29 is 19.2 Å². The van der Waals surface area contributed by atoms with Crippen molar-refractivity contribution in [2.24, 2.45) is 5.92 Å². The molecular formula is C24H30N4O4. The maximum absolute atomic E-state index is 13.1. The number of hydrogen-bond acceptors (Lipinski definition) is 5. The van der Waals surface area contributed by atoms with Gasteiger partial charge < -0.3 is 14.7 Å². The average molecular weight is 439 g/mol. The molecule has 1 aliphatic carbocycles. The van der Waals surface area contributed by atoms with Crippen LogP contribution in [0.3, 0.4) is 0 Å². The lowest BCUT2D eigenvalue weighted by Crippen LogP contribution is -2.52. The summed E-state index contributed by atoms with van der Waals surface area (Å²) in [6.45, 7) is 3.32. The maximum atomic E-state index is 13.1. The molecule has 1 unspecified atom stereocenters. The first-order valence-corrected chi connectivity index (χ1v) is 11.8. The topological polar surface area (TPSA) is 90.0 Å². The summed E-state index contributed by atoms with van der Waals surface area (Å²) >= 11 is 0. The van der Waals surface area contributed by atoms with Crippen molar-refractivity contribution in [3.63, 3.8) is 0 Å². The van der Waals surface area contributed by atoms with E-state index in [1.807, 2.05) is 23.1 Å². The molecule has 1 aromatic carbocycles. The Morgan fingerprint density at radius 2 is 1.69 bits per heavy atom. The molecule has 8 heteroatoms. The van der Waals surface area contributed by atoms with E-state index in [-0.39, 0.29) is 30.1 Å². The summed E-state index contributed by atoms with van der Waals surface area (Å²) < 4.78 is 0. The number of nitrogens with one attached hydrogen (secondary N) is 1. The number of piperidine rings is 1. The first-order valence-electron chi connectivity index (χ1n) is 11.8. The van der Waals surface area contributed by atoms with E-state index >= 15 is 0 Å². The van der Waals surface area contributed by atoms with Crippen LogP contribution in [-0.2, 0) is 20.9 Å². The van der Waals surface area contributed by atoms with E-state index in [1.165, 1.54) is 6.42 Å². The Kier molecular flexibility index (Phi) is 5.61. The second-order valence-electron chi connectivity index (χ2n) is 9.39. The first-order chi connectivity index (χ1) is 15.5. The summed E-state index contributed by atoms with van der Waals surface area (Å²) in [4.78, 5) is 55.4. The molecule has 0 spiro atoms. The van der Waals surface area contributed by atoms with Crippen LogP contribution in [0.5, 0.6) is 0 Å². The van der Waals surface area contributed by atoms with Crippen LogP contribution in [0.15, 0.2) is 18.2 Å². The molecule has 0 bridgehead atoms. The fraction of sp³-hybridized carbons (Fsp3) is 0.583. The number of carbonyl (C=O) groups is 4. The smallest absolute Gasteiger partial charge is 0.255 e. The molecule has 3 aliphatic heterocycles. The van der Waals surface area contributed by atoms with Gasteiger partial charge in [0.1, 0.15) is 6.04 Å². The Morgan fingerprint density at radius 1 is 0.938 bits per heavy atom.